The second-order valence-corrected chi connectivity index (χ2v) is 10.2. The standard InChI is InChI=1S/C24H36N8O2/c1-4-12-25-23-29-20-18(32(23)13-16-10-8-14(2)9-11-16)19(26-15(3)17-6-5-7-17)27-21(28-20)22-30-24(33)34-31-22/h14-17H,4-13H2,1-3H3,(H,30,31,33)(H2,25,26,27,28,29)/t14?,15-,16?/m1/s1. The molecule has 0 aliphatic heterocycles. The van der Waals surface area contributed by atoms with Crippen molar-refractivity contribution in [2.45, 2.75) is 84.7 Å². The summed E-state index contributed by atoms with van der Waals surface area (Å²) >= 11 is 0. The SMILES string of the molecule is CCCNc1nc2nc(-c3noc(=O)[nH]3)nc(N[C@H](C)C3CCC3)c2n1CC1CCC(C)CC1. The third-order valence-corrected chi connectivity index (χ3v) is 7.59. The molecule has 0 unspecified atom stereocenters. The van der Waals surface area contributed by atoms with E-state index < -0.39 is 5.76 Å². The average molecular weight is 469 g/mol. The minimum absolute atomic E-state index is 0.213. The Morgan fingerprint density at radius 2 is 1.94 bits per heavy atom. The zero-order valence-electron chi connectivity index (χ0n) is 20.4. The predicted octanol–water partition coefficient (Wildman–Crippen LogP) is 4.42. The molecule has 0 spiro atoms. The van der Waals surface area contributed by atoms with Crippen LogP contribution in [0.4, 0.5) is 11.8 Å². The summed E-state index contributed by atoms with van der Waals surface area (Å²) in [6.45, 7) is 8.45. The summed E-state index contributed by atoms with van der Waals surface area (Å²) in [7, 11) is 0. The third-order valence-electron chi connectivity index (χ3n) is 7.59. The molecule has 10 nitrogen and oxygen atoms in total. The maximum atomic E-state index is 11.6. The van der Waals surface area contributed by atoms with Gasteiger partial charge < -0.3 is 15.2 Å². The number of H-pyrrole nitrogens is 1. The Morgan fingerprint density at radius 3 is 2.59 bits per heavy atom. The van der Waals surface area contributed by atoms with Gasteiger partial charge in [-0.2, -0.15) is 4.98 Å². The molecule has 10 heteroatoms. The van der Waals surface area contributed by atoms with Gasteiger partial charge in [0.1, 0.15) is 5.52 Å². The van der Waals surface area contributed by atoms with Crippen LogP contribution in [-0.4, -0.2) is 42.2 Å². The van der Waals surface area contributed by atoms with E-state index in [4.69, 9.17) is 14.5 Å². The number of anilines is 2. The fourth-order valence-electron chi connectivity index (χ4n) is 5.16. The first-order valence-electron chi connectivity index (χ1n) is 12.9. The van der Waals surface area contributed by atoms with Gasteiger partial charge in [-0.25, -0.2) is 14.8 Å². The molecule has 34 heavy (non-hydrogen) atoms. The largest absolute Gasteiger partial charge is 0.439 e. The van der Waals surface area contributed by atoms with Gasteiger partial charge in [0.2, 0.25) is 17.6 Å². The maximum absolute atomic E-state index is 11.6. The van der Waals surface area contributed by atoms with Gasteiger partial charge in [0, 0.05) is 19.1 Å². The predicted molar refractivity (Wildman–Crippen MR) is 132 cm³/mol. The Hall–Kier alpha value is -2.91. The van der Waals surface area contributed by atoms with Crippen LogP contribution in [0, 0.1) is 17.8 Å². The van der Waals surface area contributed by atoms with E-state index in [0.29, 0.717) is 23.3 Å². The number of hydrogen-bond acceptors (Lipinski definition) is 8. The molecule has 0 bridgehead atoms. The molecular weight excluding hydrogens is 432 g/mol. The van der Waals surface area contributed by atoms with E-state index in [1.165, 1.54) is 44.9 Å². The Bertz CT molecular complexity index is 1170. The van der Waals surface area contributed by atoms with Crippen molar-refractivity contribution in [3.05, 3.63) is 10.6 Å². The number of imidazole rings is 1. The van der Waals surface area contributed by atoms with Gasteiger partial charge in [-0.3, -0.25) is 9.51 Å². The summed E-state index contributed by atoms with van der Waals surface area (Å²) in [4.78, 5) is 28.5. The molecular formula is C24H36N8O2. The van der Waals surface area contributed by atoms with Gasteiger partial charge in [-0.15, -0.1) is 0 Å². The zero-order chi connectivity index (χ0) is 23.7. The van der Waals surface area contributed by atoms with Gasteiger partial charge in [0.05, 0.1) is 0 Å². The lowest BCUT2D eigenvalue weighted by molar-refractivity contribution is 0.267. The van der Waals surface area contributed by atoms with Crippen molar-refractivity contribution in [3.8, 4) is 11.6 Å². The lowest BCUT2D eigenvalue weighted by atomic mass is 9.80. The van der Waals surface area contributed by atoms with Gasteiger partial charge in [0.15, 0.2) is 11.5 Å². The average Bonchev–Trinajstić information content (AvgIpc) is 3.36. The normalized spacial score (nSPS) is 22.0. The van der Waals surface area contributed by atoms with Crippen molar-refractivity contribution in [1.82, 2.24) is 29.7 Å². The van der Waals surface area contributed by atoms with Crippen molar-refractivity contribution in [2.24, 2.45) is 17.8 Å². The summed E-state index contributed by atoms with van der Waals surface area (Å²) in [5.74, 6) is 3.51. The topological polar surface area (TPSA) is 127 Å². The molecule has 2 saturated carbocycles. The van der Waals surface area contributed by atoms with E-state index >= 15 is 0 Å². The number of hydrogen-bond donors (Lipinski definition) is 3. The van der Waals surface area contributed by atoms with Crippen molar-refractivity contribution >= 4 is 22.9 Å². The number of rotatable bonds is 9. The van der Waals surface area contributed by atoms with E-state index in [2.05, 4.69) is 51.1 Å². The highest BCUT2D eigenvalue weighted by molar-refractivity contribution is 5.87. The summed E-state index contributed by atoms with van der Waals surface area (Å²) in [5, 5.41) is 11.0. The Labute approximate surface area is 199 Å². The molecule has 0 amide bonds. The molecule has 1 atom stereocenters. The fourth-order valence-corrected chi connectivity index (χ4v) is 5.16. The molecule has 0 saturated heterocycles. The molecule has 3 N–H and O–H groups in total. The highest BCUT2D eigenvalue weighted by atomic mass is 16.5. The molecule has 0 aromatic carbocycles. The number of aromatic nitrogens is 6. The van der Waals surface area contributed by atoms with Crippen molar-refractivity contribution < 1.29 is 4.52 Å². The van der Waals surface area contributed by atoms with Crippen LogP contribution in [0.15, 0.2) is 9.32 Å². The molecule has 5 rings (SSSR count). The number of nitrogens with one attached hydrogen (secondary N) is 3. The molecule has 2 aliphatic rings. The highest BCUT2D eigenvalue weighted by Crippen LogP contribution is 2.35. The van der Waals surface area contributed by atoms with E-state index in [9.17, 15) is 4.79 Å². The Kier molecular flexibility index (Phi) is 6.56. The van der Waals surface area contributed by atoms with Crippen LogP contribution in [0.2, 0.25) is 0 Å². The first-order valence-corrected chi connectivity index (χ1v) is 12.9. The van der Waals surface area contributed by atoms with Crippen LogP contribution in [0.1, 0.15) is 72.1 Å². The number of fused-ring (bicyclic) bond motifs is 1. The fraction of sp³-hybridized carbons (Fsp3) is 0.708. The minimum atomic E-state index is -0.626. The highest BCUT2D eigenvalue weighted by Gasteiger charge is 2.28. The Balaban J connectivity index is 1.58. The summed E-state index contributed by atoms with van der Waals surface area (Å²) in [6.07, 6.45) is 9.76. The number of aromatic amines is 1. The van der Waals surface area contributed by atoms with Crippen LogP contribution in [0.5, 0.6) is 0 Å². The molecule has 2 fully saturated rings. The zero-order valence-corrected chi connectivity index (χ0v) is 20.4. The van der Waals surface area contributed by atoms with Crippen LogP contribution in [0.3, 0.4) is 0 Å². The first-order chi connectivity index (χ1) is 16.5. The lowest BCUT2D eigenvalue weighted by Gasteiger charge is -2.32. The summed E-state index contributed by atoms with van der Waals surface area (Å²) < 4.78 is 6.98. The quantitative estimate of drug-likeness (QED) is 0.421. The molecule has 3 heterocycles. The summed E-state index contributed by atoms with van der Waals surface area (Å²) in [5.41, 5.74) is 1.51. The van der Waals surface area contributed by atoms with Crippen LogP contribution < -0.4 is 16.4 Å². The van der Waals surface area contributed by atoms with Crippen LogP contribution in [-0.2, 0) is 6.54 Å². The van der Waals surface area contributed by atoms with Gasteiger partial charge >= 0.3 is 5.76 Å². The van der Waals surface area contributed by atoms with Crippen molar-refractivity contribution in [2.75, 3.05) is 17.2 Å². The van der Waals surface area contributed by atoms with E-state index in [-0.39, 0.29) is 11.9 Å². The number of nitrogens with zero attached hydrogens (tertiary/aromatic N) is 5. The molecule has 0 radical (unpaired) electrons. The first kappa shape index (κ1) is 22.9. The molecule has 3 aromatic rings. The second kappa shape index (κ2) is 9.76. The van der Waals surface area contributed by atoms with Crippen LogP contribution >= 0.6 is 0 Å². The van der Waals surface area contributed by atoms with Crippen LogP contribution in [0.25, 0.3) is 22.8 Å². The lowest BCUT2D eigenvalue weighted by Crippen LogP contribution is -2.31. The smallest absolute Gasteiger partial charge is 0.365 e. The van der Waals surface area contributed by atoms with Crippen molar-refractivity contribution in [1.29, 1.82) is 0 Å². The second-order valence-electron chi connectivity index (χ2n) is 10.2. The molecule has 184 valence electrons. The summed E-state index contributed by atoms with van der Waals surface area (Å²) in [6, 6.07) is 0.280. The van der Waals surface area contributed by atoms with Gasteiger partial charge in [-0.05, 0) is 56.8 Å². The maximum Gasteiger partial charge on any atom is 0.439 e. The van der Waals surface area contributed by atoms with E-state index in [1.807, 2.05) is 0 Å². The van der Waals surface area contributed by atoms with E-state index in [1.54, 1.807) is 0 Å². The van der Waals surface area contributed by atoms with Gasteiger partial charge in [-0.1, -0.05) is 38.3 Å². The Morgan fingerprint density at radius 1 is 1.15 bits per heavy atom. The van der Waals surface area contributed by atoms with Crippen molar-refractivity contribution in [3.63, 3.8) is 0 Å². The van der Waals surface area contributed by atoms with Gasteiger partial charge in [0.25, 0.3) is 0 Å². The molecule has 3 aromatic heterocycles. The van der Waals surface area contributed by atoms with E-state index in [0.717, 1.165) is 42.7 Å². The minimum Gasteiger partial charge on any atom is -0.365 e. The molecule has 2 aliphatic carbocycles. The monoisotopic (exact) mass is 468 g/mol. The third kappa shape index (κ3) is 4.67.